The van der Waals surface area contributed by atoms with Gasteiger partial charge in [-0.3, -0.25) is 9.48 Å². The van der Waals surface area contributed by atoms with Gasteiger partial charge in [-0.15, -0.1) is 0 Å². The number of carbonyl (C=O) groups is 1. The molecule has 148 valence electrons. The number of fused-ring (bicyclic) bond motifs is 2. The minimum absolute atomic E-state index is 0.201. The van der Waals surface area contributed by atoms with Gasteiger partial charge in [0.25, 0.3) is 0 Å². The number of nitrogens with one attached hydrogen (secondary N) is 1. The second-order valence-electron chi connectivity index (χ2n) is 7.59. The van der Waals surface area contributed by atoms with E-state index in [-0.39, 0.29) is 5.91 Å². The van der Waals surface area contributed by atoms with E-state index in [1.165, 1.54) is 10.9 Å². The number of carbonyl (C=O) groups excluding carboxylic acids is 1. The van der Waals surface area contributed by atoms with Gasteiger partial charge in [0.05, 0.1) is 24.0 Å². The third kappa shape index (κ3) is 3.83. The lowest BCUT2D eigenvalue weighted by molar-refractivity contribution is -0.131. The van der Waals surface area contributed by atoms with E-state index in [9.17, 15) is 9.90 Å². The molecule has 4 rings (SSSR count). The summed E-state index contributed by atoms with van der Waals surface area (Å²) in [7, 11) is 0. The summed E-state index contributed by atoms with van der Waals surface area (Å²) in [5, 5.41) is 15.8. The van der Waals surface area contributed by atoms with Crippen molar-refractivity contribution in [2.75, 3.05) is 6.54 Å². The smallest absolute Gasteiger partial charge is 0.222 e. The Morgan fingerprint density at radius 2 is 2.18 bits per heavy atom. The maximum absolute atomic E-state index is 12.8. The first kappa shape index (κ1) is 18.7. The summed E-state index contributed by atoms with van der Waals surface area (Å²) in [6, 6.07) is 10.2. The first-order valence-electron chi connectivity index (χ1n) is 10.2. The highest BCUT2D eigenvalue weighted by Gasteiger charge is 2.22. The second kappa shape index (κ2) is 8.19. The molecule has 6 nitrogen and oxygen atoms in total. The first-order chi connectivity index (χ1) is 13.7. The molecule has 3 heterocycles. The second-order valence-corrected chi connectivity index (χ2v) is 7.59. The van der Waals surface area contributed by atoms with Crippen molar-refractivity contribution >= 4 is 16.8 Å². The Bertz CT molecular complexity index is 959. The summed E-state index contributed by atoms with van der Waals surface area (Å²) < 4.78 is 1.95. The molecule has 0 spiro atoms. The SMILES string of the molecule is CC[C@@H](O)c1cc2n(n1)CCCN(C(=O)CCCc1c[nH]c3ccccc13)C2. The molecular formula is C22H28N4O2. The maximum Gasteiger partial charge on any atom is 0.222 e. The molecule has 1 amide bonds. The van der Waals surface area contributed by atoms with Crippen LogP contribution in [0.2, 0.25) is 0 Å². The number of nitrogens with zero attached hydrogens (tertiary/aromatic N) is 3. The molecule has 0 saturated carbocycles. The monoisotopic (exact) mass is 380 g/mol. The van der Waals surface area contributed by atoms with Crippen molar-refractivity contribution in [1.82, 2.24) is 19.7 Å². The Labute approximate surface area is 165 Å². The molecule has 0 radical (unpaired) electrons. The van der Waals surface area contributed by atoms with Crippen LogP contribution in [0.4, 0.5) is 0 Å². The van der Waals surface area contributed by atoms with E-state index in [4.69, 9.17) is 0 Å². The summed E-state index contributed by atoms with van der Waals surface area (Å²) in [4.78, 5) is 18.0. The number of aliphatic hydroxyl groups excluding tert-OH is 1. The van der Waals surface area contributed by atoms with Crippen molar-refractivity contribution < 1.29 is 9.90 Å². The molecule has 0 unspecified atom stereocenters. The van der Waals surface area contributed by atoms with Gasteiger partial charge in [0, 0.05) is 36.6 Å². The molecule has 0 aliphatic carbocycles. The zero-order valence-corrected chi connectivity index (χ0v) is 16.4. The van der Waals surface area contributed by atoms with Gasteiger partial charge < -0.3 is 15.0 Å². The lowest BCUT2D eigenvalue weighted by Crippen LogP contribution is -2.30. The Morgan fingerprint density at radius 3 is 3.04 bits per heavy atom. The van der Waals surface area contributed by atoms with Gasteiger partial charge in [-0.2, -0.15) is 5.10 Å². The van der Waals surface area contributed by atoms with Gasteiger partial charge in [0.1, 0.15) is 0 Å². The number of rotatable bonds is 6. The highest BCUT2D eigenvalue weighted by Crippen LogP contribution is 2.22. The Morgan fingerprint density at radius 1 is 1.32 bits per heavy atom. The van der Waals surface area contributed by atoms with Crippen molar-refractivity contribution in [3.8, 4) is 0 Å². The van der Waals surface area contributed by atoms with Crippen LogP contribution in [0.5, 0.6) is 0 Å². The average molecular weight is 380 g/mol. The largest absolute Gasteiger partial charge is 0.387 e. The summed E-state index contributed by atoms with van der Waals surface area (Å²) >= 11 is 0. The van der Waals surface area contributed by atoms with E-state index in [0.29, 0.717) is 25.1 Å². The molecule has 0 saturated heterocycles. The highest BCUT2D eigenvalue weighted by atomic mass is 16.3. The number of H-pyrrole nitrogens is 1. The van der Waals surface area contributed by atoms with Gasteiger partial charge in [-0.25, -0.2) is 0 Å². The number of para-hydroxylation sites is 1. The third-order valence-electron chi connectivity index (χ3n) is 5.63. The van der Waals surface area contributed by atoms with E-state index < -0.39 is 6.10 Å². The van der Waals surface area contributed by atoms with Gasteiger partial charge in [0.15, 0.2) is 0 Å². The van der Waals surface area contributed by atoms with Crippen LogP contribution in [-0.2, 0) is 24.3 Å². The van der Waals surface area contributed by atoms with Crippen LogP contribution in [0.25, 0.3) is 10.9 Å². The van der Waals surface area contributed by atoms with Crippen LogP contribution in [0.3, 0.4) is 0 Å². The van der Waals surface area contributed by atoms with E-state index in [1.807, 2.05) is 28.6 Å². The predicted molar refractivity (Wildman–Crippen MR) is 109 cm³/mol. The minimum Gasteiger partial charge on any atom is -0.387 e. The molecule has 0 bridgehead atoms. The lowest BCUT2D eigenvalue weighted by atomic mass is 10.1. The normalized spacial score (nSPS) is 15.4. The molecule has 1 aliphatic rings. The van der Waals surface area contributed by atoms with E-state index in [0.717, 1.165) is 43.6 Å². The summed E-state index contributed by atoms with van der Waals surface area (Å²) in [6.45, 7) is 4.08. The predicted octanol–water partition coefficient (Wildman–Crippen LogP) is 3.56. The van der Waals surface area contributed by atoms with Crippen LogP contribution in [-0.4, -0.2) is 37.2 Å². The van der Waals surface area contributed by atoms with Crippen molar-refractivity contribution in [3.63, 3.8) is 0 Å². The summed E-state index contributed by atoms with van der Waals surface area (Å²) in [5.74, 6) is 0.201. The van der Waals surface area contributed by atoms with Gasteiger partial charge in [-0.1, -0.05) is 25.1 Å². The van der Waals surface area contributed by atoms with Crippen LogP contribution in [0, 0.1) is 0 Å². The summed E-state index contributed by atoms with van der Waals surface area (Å²) in [5.41, 5.74) is 4.15. The van der Waals surface area contributed by atoms with Gasteiger partial charge >= 0.3 is 0 Å². The molecule has 2 N–H and O–H groups in total. The van der Waals surface area contributed by atoms with Crippen LogP contribution >= 0.6 is 0 Å². The highest BCUT2D eigenvalue weighted by molar-refractivity contribution is 5.83. The molecule has 6 heteroatoms. The number of aliphatic hydroxyl groups is 1. The van der Waals surface area contributed by atoms with Gasteiger partial charge in [-0.05, 0) is 43.4 Å². The van der Waals surface area contributed by atoms with E-state index in [1.54, 1.807) is 0 Å². The fourth-order valence-electron chi connectivity index (χ4n) is 4.00. The minimum atomic E-state index is -0.528. The first-order valence-corrected chi connectivity index (χ1v) is 10.2. The average Bonchev–Trinajstić information content (AvgIpc) is 3.25. The molecule has 3 aromatic rings. The van der Waals surface area contributed by atoms with E-state index >= 15 is 0 Å². The number of aromatic amines is 1. The molecule has 28 heavy (non-hydrogen) atoms. The van der Waals surface area contributed by atoms with Gasteiger partial charge in [0.2, 0.25) is 5.91 Å². The fraction of sp³-hybridized carbons (Fsp3) is 0.455. The molecule has 1 atom stereocenters. The number of amides is 1. The Hall–Kier alpha value is -2.60. The fourth-order valence-corrected chi connectivity index (χ4v) is 4.00. The molecule has 0 fully saturated rings. The number of benzene rings is 1. The molecule has 1 aromatic carbocycles. The number of hydrogen-bond acceptors (Lipinski definition) is 3. The van der Waals surface area contributed by atoms with Crippen LogP contribution in [0.1, 0.15) is 55.7 Å². The van der Waals surface area contributed by atoms with E-state index in [2.05, 4.69) is 34.5 Å². The van der Waals surface area contributed by atoms with Crippen LogP contribution in [0.15, 0.2) is 36.5 Å². The van der Waals surface area contributed by atoms with Crippen LogP contribution < -0.4 is 0 Å². The Balaban J connectivity index is 1.36. The summed E-state index contributed by atoms with van der Waals surface area (Å²) in [6.07, 6.45) is 5.36. The van der Waals surface area contributed by atoms with Crippen molar-refractivity contribution in [2.24, 2.45) is 0 Å². The topological polar surface area (TPSA) is 74.2 Å². The molecular weight excluding hydrogens is 352 g/mol. The third-order valence-corrected chi connectivity index (χ3v) is 5.63. The number of aromatic nitrogens is 3. The lowest BCUT2D eigenvalue weighted by Gasteiger charge is -2.20. The van der Waals surface area contributed by atoms with Crippen molar-refractivity contribution in [1.29, 1.82) is 0 Å². The van der Waals surface area contributed by atoms with Crippen molar-refractivity contribution in [3.05, 3.63) is 53.5 Å². The number of aryl methyl sites for hydroxylation is 2. The molecule has 1 aliphatic heterocycles. The van der Waals surface area contributed by atoms with Crippen molar-refractivity contribution in [2.45, 2.75) is 58.2 Å². The zero-order chi connectivity index (χ0) is 19.5. The molecule has 2 aromatic heterocycles. The Kier molecular flexibility index (Phi) is 5.48. The zero-order valence-electron chi connectivity index (χ0n) is 16.4. The number of hydrogen-bond donors (Lipinski definition) is 2. The maximum atomic E-state index is 12.8. The standard InChI is InChI=1S/C22H28N4O2/c1-2-21(27)20-13-17-15-25(11-6-12-26(17)24-20)22(28)10-5-7-16-14-23-19-9-4-3-8-18(16)19/h3-4,8-9,13-14,21,23,27H,2,5-7,10-12,15H2,1H3/t21-/m1/s1. The quantitative estimate of drug-likeness (QED) is 0.687.